The summed E-state index contributed by atoms with van der Waals surface area (Å²) in [5, 5.41) is 17.2. The molecule has 0 atom stereocenters. The van der Waals surface area contributed by atoms with Crippen molar-refractivity contribution in [2.45, 2.75) is 6.92 Å². The molecule has 21 heavy (non-hydrogen) atoms. The maximum Gasteiger partial charge on any atom is 0.292 e. The second-order valence-electron chi connectivity index (χ2n) is 4.36. The van der Waals surface area contributed by atoms with Gasteiger partial charge in [0, 0.05) is 16.2 Å². The summed E-state index contributed by atoms with van der Waals surface area (Å²) in [6.07, 6.45) is 0. The normalized spacial score (nSPS) is 10.0. The number of thiocarbonyl (C=S) groups is 1. The highest BCUT2D eigenvalue weighted by molar-refractivity contribution is 9.10. The molecule has 0 aromatic heterocycles. The summed E-state index contributed by atoms with van der Waals surface area (Å²) in [5.74, 6) is 0. The molecule has 2 aromatic rings. The third kappa shape index (κ3) is 4.24. The van der Waals surface area contributed by atoms with E-state index in [1.54, 1.807) is 19.1 Å². The molecule has 0 spiro atoms. The van der Waals surface area contributed by atoms with Gasteiger partial charge in [0.05, 0.1) is 4.92 Å². The number of nitro benzene ring substituents is 1. The van der Waals surface area contributed by atoms with Gasteiger partial charge in [0.1, 0.15) is 5.69 Å². The molecule has 0 heterocycles. The minimum Gasteiger partial charge on any atom is -0.332 e. The minimum atomic E-state index is -0.433. The number of hydrogen-bond donors (Lipinski definition) is 2. The summed E-state index contributed by atoms with van der Waals surface area (Å²) in [7, 11) is 0. The Labute approximate surface area is 135 Å². The molecule has 0 saturated heterocycles. The number of hydrogen-bond acceptors (Lipinski definition) is 3. The number of nitrogens with one attached hydrogen (secondary N) is 2. The highest BCUT2D eigenvalue weighted by Gasteiger charge is 2.14. The molecule has 5 nitrogen and oxygen atoms in total. The number of nitrogens with zero attached hydrogens (tertiary/aromatic N) is 1. The van der Waals surface area contributed by atoms with E-state index < -0.39 is 4.92 Å². The van der Waals surface area contributed by atoms with Gasteiger partial charge in [-0.1, -0.05) is 22.0 Å². The highest BCUT2D eigenvalue weighted by Crippen LogP contribution is 2.25. The average molecular weight is 366 g/mol. The molecule has 108 valence electrons. The molecule has 0 saturated carbocycles. The Bertz CT molecular complexity index is 689. The lowest BCUT2D eigenvalue weighted by molar-refractivity contribution is -0.383. The van der Waals surface area contributed by atoms with E-state index in [4.69, 9.17) is 12.2 Å². The molecule has 2 aromatic carbocycles. The van der Waals surface area contributed by atoms with Gasteiger partial charge in [-0.15, -0.1) is 0 Å². The Kier molecular flexibility index (Phi) is 4.87. The second kappa shape index (κ2) is 6.64. The van der Waals surface area contributed by atoms with Crippen LogP contribution in [0.1, 0.15) is 5.56 Å². The molecular weight excluding hydrogens is 354 g/mol. The molecule has 2 rings (SSSR count). The molecule has 0 aliphatic carbocycles. The maximum atomic E-state index is 11.0. The molecule has 0 amide bonds. The van der Waals surface area contributed by atoms with Crippen molar-refractivity contribution in [3.8, 4) is 0 Å². The fourth-order valence-corrected chi connectivity index (χ4v) is 2.21. The molecule has 0 unspecified atom stereocenters. The number of rotatable bonds is 3. The molecule has 0 aliphatic rings. The van der Waals surface area contributed by atoms with E-state index in [1.165, 1.54) is 6.07 Å². The fraction of sp³-hybridized carbons (Fsp3) is 0.0714. The summed E-state index contributed by atoms with van der Waals surface area (Å²) < 4.78 is 0.959. The summed E-state index contributed by atoms with van der Waals surface area (Å²) in [6.45, 7) is 1.80. The van der Waals surface area contributed by atoms with Gasteiger partial charge in [0.2, 0.25) is 0 Å². The summed E-state index contributed by atoms with van der Waals surface area (Å²) in [6, 6.07) is 12.4. The SMILES string of the molecule is Cc1ccc(NC(=S)Nc2ccc(Br)cc2)c([N+](=O)[O-])c1. The average Bonchev–Trinajstić information content (AvgIpc) is 2.43. The van der Waals surface area contributed by atoms with Gasteiger partial charge in [-0.2, -0.15) is 0 Å². The van der Waals surface area contributed by atoms with E-state index in [0.29, 0.717) is 10.8 Å². The third-order valence-corrected chi connectivity index (χ3v) is 3.43. The van der Waals surface area contributed by atoms with E-state index in [-0.39, 0.29) is 5.69 Å². The van der Waals surface area contributed by atoms with Crippen molar-refractivity contribution in [3.05, 3.63) is 62.6 Å². The lowest BCUT2D eigenvalue weighted by atomic mass is 10.2. The molecular formula is C14H12BrN3O2S. The quantitative estimate of drug-likeness (QED) is 0.477. The first-order chi connectivity index (χ1) is 9.95. The predicted molar refractivity (Wildman–Crippen MR) is 91.8 cm³/mol. The topological polar surface area (TPSA) is 67.2 Å². The van der Waals surface area contributed by atoms with Crippen molar-refractivity contribution < 1.29 is 4.92 Å². The lowest BCUT2D eigenvalue weighted by Crippen LogP contribution is -2.19. The van der Waals surface area contributed by atoms with Crippen molar-refractivity contribution in [1.29, 1.82) is 0 Å². The first-order valence-electron chi connectivity index (χ1n) is 6.04. The largest absolute Gasteiger partial charge is 0.332 e. The van der Waals surface area contributed by atoms with Gasteiger partial charge < -0.3 is 10.6 Å². The molecule has 0 bridgehead atoms. The van der Waals surface area contributed by atoms with E-state index in [9.17, 15) is 10.1 Å². The third-order valence-electron chi connectivity index (χ3n) is 2.70. The maximum absolute atomic E-state index is 11.0. The lowest BCUT2D eigenvalue weighted by Gasteiger charge is -2.11. The first-order valence-corrected chi connectivity index (χ1v) is 7.24. The summed E-state index contributed by atoms with van der Waals surface area (Å²) >= 11 is 8.52. The molecule has 0 fully saturated rings. The fourth-order valence-electron chi connectivity index (χ4n) is 1.72. The zero-order valence-electron chi connectivity index (χ0n) is 11.1. The van der Waals surface area contributed by atoms with E-state index in [1.807, 2.05) is 24.3 Å². The van der Waals surface area contributed by atoms with Crippen LogP contribution in [0.25, 0.3) is 0 Å². The molecule has 2 N–H and O–H groups in total. The Hall–Kier alpha value is -1.99. The molecule has 0 aliphatic heterocycles. The van der Waals surface area contributed by atoms with Crippen LogP contribution in [-0.4, -0.2) is 10.0 Å². The van der Waals surface area contributed by atoms with Crippen LogP contribution >= 0.6 is 28.1 Å². The van der Waals surface area contributed by atoms with E-state index in [0.717, 1.165) is 15.7 Å². The monoisotopic (exact) mass is 365 g/mol. The Morgan fingerprint density at radius 3 is 2.48 bits per heavy atom. The van der Waals surface area contributed by atoms with Crippen LogP contribution in [0.5, 0.6) is 0 Å². The molecule has 0 radical (unpaired) electrons. The van der Waals surface area contributed by atoms with Crippen LogP contribution in [0.4, 0.5) is 17.1 Å². The summed E-state index contributed by atoms with van der Waals surface area (Å²) in [4.78, 5) is 10.6. The van der Waals surface area contributed by atoms with E-state index in [2.05, 4.69) is 26.6 Å². The first kappa shape index (κ1) is 15.4. The standard InChI is InChI=1S/C14H12BrN3O2S/c1-9-2-7-12(13(8-9)18(19)20)17-14(21)16-11-5-3-10(15)4-6-11/h2-8H,1H3,(H2,16,17,21). The number of benzene rings is 2. The van der Waals surface area contributed by atoms with Gasteiger partial charge in [-0.05, 0) is 55.0 Å². The van der Waals surface area contributed by atoms with Crippen LogP contribution in [0.2, 0.25) is 0 Å². The Morgan fingerprint density at radius 1 is 1.19 bits per heavy atom. The van der Waals surface area contributed by atoms with Crippen molar-refractivity contribution >= 4 is 50.3 Å². The second-order valence-corrected chi connectivity index (χ2v) is 5.69. The van der Waals surface area contributed by atoms with Gasteiger partial charge in [0.25, 0.3) is 5.69 Å². The van der Waals surface area contributed by atoms with Crippen LogP contribution in [-0.2, 0) is 0 Å². The van der Waals surface area contributed by atoms with Crippen LogP contribution in [0.15, 0.2) is 46.9 Å². The summed E-state index contributed by atoms with van der Waals surface area (Å²) in [5.41, 5.74) is 1.97. The predicted octanol–water partition coefficient (Wildman–Crippen LogP) is 4.47. The van der Waals surface area contributed by atoms with Crippen LogP contribution in [0.3, 0.4) is 0 Å². The Morgan fingerprint density at radius 2 is 1.86 bits per heavy atom. The van der Waals surface area contributed by atoms with Gasteiger partial charge in [-0.3, -0.25) is 10.1 Å². The zero-order chi connectivity index (χ0) is 15.4. The highest BCUT2D eigenvalue weighted by atomic mass is 79.9. The van der Waals surface area contributed by atoms with Crippen LogP contribution in [0, 0.1) is 17.0 Å². The van der Waals surface area contributed by atoms with E-state index >= 15 is 0 Å². The van der Waals surface area contributed by atoms with Gasteiger partial charge in [-0.25, -0.2) is 0 Å². The number of anilines is 2. The van der Waals surface area contributed by atoms with Crippen molar-refractivity contribution in [1.82, 2.24) is 0 Å². The van der Waals surface area contributed by atoms with Gasteiger partial charge in [0.15, 0.2) is 5.11 Å². The minimum absolute atomic E-state index is 0.00467. The van der Waals surface area contributed by atoms with Crippen molar-refractivity contribution in [3.63, 3.8) is 0 Å². The van der Waals surface area contributed by atoms with Crippen molar-refractivity contribution in [2.24, 2.45) is 0 Å². The van der Waals surface area contributed by atoms with Crippen molar-refractivity contribution in [2.75, 3.05) is 10.6 Å². The van der Waals surface area contributed by atoms with Gasteiger partial charge >= 0.3 is 0 Å². The number of nitro groups is 1. The smallest absolute Gasteiger partial charge is 0.292 e. The number of aryl methyl sites for hydroxylation is 1. The number of halogens is 1. The molecule has 7 heteroatoms. The van der Waals surface area contributed by atoms with Crippen LogP contribution < -0.4 is 10.6 Å². The Balaban J connectivity index is 2.12. The zero-order valence-corrected chi connectivity index (χ0v) is 13.5.